The summed E-state index contributed by atoms with van der Waals surface area (Å²) in [6.45, 7) is 7.55. The summed E-state index contributed by atoms with van der Waals surface area (Å²) in [4.78, 5) is 24.9. The van der Waals surface area contributed by atoms with Crippen LogP contribution in [0.15, 0.2) is 40.4 Å². The van der Waals surface area contributed by atoms with Gasteiger partial charge in [0.2, 0.25) is 0 Å². The van der Waals surface area contributed by atoms with E-state index in [-0.39, 0.29) is 11.1 Å². The van der Waals surface area contributed by atoms with Gasteiger partial charge in [0, 0.05) is 17.3 Å². The minimum absolute atomic E-state index is 0.275. The zero-order valence-electron chi connectivity index (χ0n) is 15.4. The Morgan fingerprint density at radius 2 is 1.59 bits per heavy atom. The van der Waals surface area contributed by atoms with Gasteiger partial charge in [-0.2, -0.15) is 0 Å². The second kappa shape index (κ2) is 7.45. The summed E-state index contributed by atoms with van der Waals surface area (Å²) in [5.74, 6) is 0.491. The minimum Gasteiger partial charge on any atom is -0.493 e. The summed E-state index contributed by atoms with van der Waals surface area (Å²) in [5, 5.41) is 10.8. The SMILES string of the molecule is C=CCOc1ccc(C(c2c(C)[nH][nH]c2=O)c2c(C)[nH][nH]c2=O)cc1OC. The fraction of sp³-hybridized carbons (Fsp3) is 0.263. The third kappa shape index (κ3) is 3.33. The van der Waals surface area contributed by atoms with E-state index in [0.29, 0.717) is 40.6 Å². The number of benzene rings is 1. The molecule has 0 saturated heterocycles. The molecule has 0 unspecified atom stereocenters. The molecule has 0 bridgehead atoms. The molecule has 3 aromatic rings. The standard InChI is InChI=1S/C19H22N4O4/c1-5-8-27-13-7-6-12(9-14(13)26-4)17(15-10(2)20-22-18(15)24)16-11(3)21-23-19(16)25/h5-7,9,17H,1,8H2,2-4H3,(H2,20,22,24)(H2,21,23,25). The molecule has 142 valence electrons. The second-order valence-corrected chi connectivity index (χ2v) is 6.18. The first-order valence-electron chi connectivity index (χ1n) is 8.43. The molecule has 0 radical (unpaired) electrons. The second-order valence-electron chi connectivity index (χ2n) is 6.18. The molecular weight excluding hydrogens is 348 g/mol. The van der Waals surface area contributed by atoms with Gasteiger partial charge in [-0.3, -0.25) is 19.8 Å². The number of methoxy groups -OCH3 is 1. The van der Waals surface area contributed by atoms with Gasteiger partial charge < -0.3 is 19.7 Å². The summed E-state index contributed by atoms with van der Waals surface area (Å²) < 4.78 is 11.0. The monoisotopic (exact) mass is 370 g/mol. The average molecular weight is 370 g/mol. The summed E-state index contributed by atoms with van der Waals surface area (Å²) in [5.41, 5.74) is 2.47. The highest BCUT2D eigenvalue weighted by Crippen LogP contribution is 2.36. The Morgan fingerprint density at radius 3 is 2.04 bits per heavy atom. The number of nitrogens with one attached hydrogen (secondary N) is 4. The van der Waals surface area contributed by atoms with Crippen molar-refractivity contribution < 1.29 is 9.47 Å². The summed E-state index contributed by atoms with van der Waals surface area (Å²) in [7, 11) is 1.54. The van der Waals surface area contributed by atoms with Gasteiger partial charge >= 0.3 is 0 Å². The van der Waals surface area contributed by atoms with Crippen LogP contribution in [0.5, 0.6) is 11.5 Å². The zero-order chi connectivity index (χ0) is 19.6. The van der Waals surface area contributed by atoms with E-state index >= 15 is 0 Å². The molecule has 0 aliphatic heterocycles. The molecule has 0 fully saturated rings. The molecule has 0 saturated carbocycles. The molecular formula is C19H22N4O4. The van der Waals surface area contributed by atoms with Crippen LogP contribution in [0.25, 0.3) is 0 Å². The van der Waals surface area contributed by atoms with Crippen molar-refractivity contribution >= 4 is 0 Å². The number of hydrogen-bond donors (Lipinski definition) is 4. The number of ether oxygens (including phenoxy) is 2. The third-order valence-corrected chi connectivity index (χ3v) is 4.48. The molecule has 0 atom stereocenters. The maximum absolute atomic E-state index is 12.5. The minimum atomic E-state index is -0.572. The lowest BCUT2D eigenvalue weighted by Crippen LogP contribution is -2.20. The predicted molar refractivity (Wildman–Crippen MR) is 102 cm³/mol. The molecule has 2 heterocycles. The van der Waals surface area contributed by atoms with Crippen LogP contribution in [0.1, 0.15) is 34.0 Å². The van der Waals surface area contributed by atoms with Gasteiger partial charge in [0.1, 0.15) is 6.61 Å². The highest BCUT2D eigenvalue weighted by Gasteiger charge is 2.28. The smallest absolute Gasteiger partial charge is 0.268 e. The molecule has 1 aromatic carbocycles. The van der Waals surface area contributed by atoms with Crippen molar-refractivity contribution in [3.63, 3.8) is 0 Å². The molecule has 0 aliphatic rings. The van der Waals surface area contributed by atoms with Crippen LogP contribution in [-0.4, -0.2) is 34.1 Å². The first-order valence-corrected chi connectivity index (χ1v) is 8.43. The number of aromatic amines is 4. The van der Waals surface area contributed by atoms with Gasteiger partial charge in [-0.25, -0.2) is 0 Å². The summed E-state index contributed by atoms with van der Waals surface area (Å²) >= 11 is 0. The number of H-pyrrole nitrogens is 4. The van der Waals surface area contributed by atoms with Gasteiger partial charge in [-0.05, 0) is 31.5 Å². The van der Waals surface area contributed by atoms with Crippen LogP contribution in [-0.2, 0) is 0 Å². The Hall–Kier alpha value is -3.42. The van der Waals surface area contributed by atoms with E-state index < -0.39 is 5.92 Å². The zero-order valence-corrected chi connectivity index (χ0v) is 15.4. The van der Waals surface area contributed by atoms with E-state index in [1.54, 1.807) is 32.1 Å². The molecule has 2 aromatic heterocycles. The van der Waals surface area contributed by atoms with Gasteiger partial charge in [0.05, 0.1) is 18.2 Å². The lowest BCUT2D eigenvalue weighted by atomic mass is 9.85. The fourth-order valence-electron chi connectivity index (χ4n) is 3.22. The van der Waals surface area contributed by atoms with Crippen LogP contribution in [0.3, 0.4) is 0 Å². The molecule has 3 rings (SSSR count). The van der Waals surface area contributed by atoms with Crippen molar-refractivity contribution in [2.45, 2.75) is 19.8 Å². The van der Waals surface area contributed by atoms with Gasteiger partial charge in [0.15, 0.2) is 11.5 Å². The van der Waals surface area contributed by atoms with Crippen molar-refractivity contribution in [3.8, 4) is 11.5 Å². The molecule has 8 heteroatoms. The Morgan fingerprint density at radius 1 is 1.00 bits per heavy atom. The summed E-state index contributed by atoms with van der Waals surface area (Å²) in [6, 6.07) is 5.36. The largest absolute Gasteiger partial charge is 0.493 e. The van der Waals surface area contributed by atoms with Gasteiger partial charge in [0.25, 0.3) is 11.1 Å². The first-order chi connectivity index (χ1) is 13.0. The van der Waals surface area contributed by atoms with E-state index in [1.165, 1.54) is 7.11 Å². The maximum Gasteiger partial charge on any atom is 0.268 e. The first kappa shape index (κ1) is 18.4. The van der Waals surface area contributed by atoms with Gasteiger partial charge in [-0.1, -0.05) is 18.7 Å². The molecule has 0 amide bonds. The van der Waals surface area contributed by atoms with Crippen molar-refractivity contribution in [1.29, 1.82) is 0 Å². The third-order valence-electron chi connectivity index (χ3n) is 4.48. The van der Waals surface area contributed by atoms with Crippen molar-refractivity contribution in [2.75, 3.05) is 13.7 Å². The van der Waals surface area contributed by atoms with E-state index in [0.717, 1.165) is 5.56 Å². The summed E-state index contributed by atoms with van der Waals surface area (Å²) in [6.07, 6.45) is 1.64. The Kier molecular flexibility index (Phi) is 5.07. The van der Waals surface area contributed by atoms with Crippen LogP contribution in [0.4, 0.5) is 0 Å². The molecule has 27 heavy (non-hydrogen) atoms. The van der Waals surface area contributed by atoms with E-state index in [2.05, 4.69) is 27.0 Å². The maximum atomic E-state index is 12.5. The Bertz CT molecular complexity index is 1020. The van der Waals surface area contributed by atoms with Crippen LogP contribution in [0, 0.1) is 13.8 Å². The quantitative estimate of drug-likeness (QED) is 0.477. The molecule has 0 spiro atoms. The van der Waals surface area contributed by atoms with Crippen molar-refractivity contribution in [2.24, 2.45) is 0 Å². The van der Waals surface area contributed by atoms with Crippen molar-refractivity contribution in [1.82, 2.24) is 20.4 Å². The molecule has 4 N–H and O–H groups in total. The topological polar surface area (TPSA) is 116 Å². The van der Waals surface area contributed by atoms with E-state index in [1.807, 2.05) is 6.07 Å². The molecule has 8 nitrogen and oxygen atoms in total. The fourth-order valence-corrected chi connectivity index (χ4v) is 3.22. The number of aryl methyl sites for hydroxylation is 2. The lowest BCUT2D eigenvalue weighted by molar-refractivity contribution is 0.326. The normalized spacial score (nSPS) is 11.0. The van der Waals surface area contributed by atoms with Crippen LogP contribution >= 0.6 is 0 Å². The van der Waals surface area contributed by atoms with E-state index in [9.17, 15) is 9.59 Å². The predicted octanol–water partition coefficient (Wildman–Crippen LogP) is 2.09. The van der Waals surface area contributed by atoms with Crippen LogP contribution in [0.2, 0.25) is 0 Å². The van der Waals surface area contributed by atoms with Crippen molar-refractivity contribution in [3.05, 3.63) is 79.6 Å². The highest BCUT2D eigenvalue weighted by atomic mass is 16.5. The highest BCUT2D eigenvalue weighted by molar-refractivity contribution is 5.50. The van der Waals surface area contributed by atoms with Crippen LogP contribution < -0.4 is 20.6 Å². The Balaban J connectivity index is 2.22. The van der Waals surface area contributed by atoms with E-state index in [4.69, 9.17) is 9.47 Å². The Labute approximate surface area is 155 Å². The lowest BCUT2D eigenvalue weighted by Gasteiger charge is -2.18. The number of hydrogen-bond acceptors (Lipinski definition) is 4. The van der Waals surface area contributed by atoms with Gasteiger partial charge in [-0.15, -0.1) is 0 Å². The molecule has 0 aliphatic carbocycles. The number of rotatable bonds is 7. The average Bonchev–Trinajstić information content (AvgIpc) is 3.17. The number of aromatic nitrogens is 4.